The summed E-state index contributed by atoms with van der Waals surface area (Å²) in [6.45, 7) is 3.60. The molecule has 0 spiro atoms. The highest BCUT2D eigenvalue weighted by Gasteiger charge is 2.26. The van der Waals surface area contributed by atoms with Gasteiger partial charge in [-0.2, -0.15) is 0 Å². The highest BCUT2D eigenvalue weighted by Crippen LogP contribution is 2.17. The number of ether oxygens (including phenoxy) is 1. The van der Waals surface area contributed by atoms with E-state index in [2.05, 4.69) is 0 Å². The summed E-state index contributed by atoms with van der Waals surface area (Å²) >= 11 is 5.37. The molecule has 0 aromatic heterocycles. The Morgan fingerprint density at radius 2 is 1.84 bits per heavy atom. The van der Waals surface area contributed by atoms with Crippen LogP contribution in [0.15, 0.2) is 35.2 Å². The Labute approximate surface area is 118 Å². The van der Waals surface area contributed by atoms with Crippen LogP contribution in [0.1, 0.15) is 13.8 Å². The molecule has 0 saturated heterocycles. The normalized spacial score (nSPS) is 13.3. The summed E-state index contributed by atoms with van der Waals surface area (Å²) in [4.78, 5) is 11.4. The van der Waals surface area contributed by atoms with Gasteiger partial charge in [-0.25, -0.2) is 8.42 Å². The van der Waals surface area contributed by atoms with Gasteiger partial charge in [0, 0.05) is 0 Å². The minimum absolute atomic E-state index is 0.106. The van der Waals surface area contributed by atoms with Gasteiger partial charge in [-0.1, -0.05) is 32.0 Å². The summed E-state index contributed by atoms with van der Waals surface area (Å²) in [5, 5.41) is 0. The zero-order valence-electron chi connectivity index (χ0n) is 10.9. The zero-order chi connectivity index (χ0) is 14.5. The van der Waals surface area contributed by atoms with Gasteiger partial charge >= 0.3 is 5.97 Å². The Morgan fingerprint density at radius 3 is 2.32 bits per heavy atom. The molecule has 19 heavy (non-hydrogen) atoms. The molecule has 0 aliphatic heterocycles. The second kappa shape index (κ2) is 6.91. The summed E-state index contributed by atoms with van der Waals surface area (Å²) in [5.41, 5.74) is 0. The molecule has 1 atom stereocenters. The summed E-state index contributed by atoms with van der Waals surface area (Å²) in [6, 6.07) is 8.10. The number of halogens is 1. The number of hydrogen-bond acceptors (Lipinski definition) is 4. The van der Waals surface area contributed by atoms with E-state index < -0.39 is 21.9 Å². The average Bonchev–Trinajstić information content (AvgIpc) is 2.38. The van der Waals surface area contributed by atoms with Gasteiger partial charge in [-0.15, -0.1) is 11.6 Å². The maximum absolute atomic E-state index is 12.2. The second-order valence-corrected chi connectivity index (χ2v) is 6.80. The SMILES string of the molecule is CC(C)C(CS(=O)(=O)c1ccccc1)OC(=O)CCl. The number of alkyl halides is 1. The summed E-state index contributed by atoms with van der Waals surface area (Å²) in [6.07, 6.45) is -0.698. The molecular formula is C13H17ClO4S. The maximum atomic E-state index is 12.2. The minimum atomic E-state index is -3.48. The number of esters is 1. The zero-order valence-corrected chi connectivity index (χ0v) is 12.4. The lowest BCUT2D eigenvalue weighted by Crippen LogP contribution is -2.31. The Morgan fingerprint density at radius 1 is 1.26 bits per heavy atom. The van der Waals surface area contributed by atoms with Crippen LogP contribution in [0.5, 0.6) is 0 Å². The third-order valence-corrected chi connectivity index (χ3v) is 4.60. The van der Waals surface area contributed by atoms with Crippen molar-refractivity contribution in [1.29, 1.82) is 0 Å². The second-order valence-electron chi connectivity index (χ2n) is 4.50. The molecule has 0 amide bonds. The molecular weight excluding hydrogens is 288 g/mol. The molecule has 0 heterocycles. The molecule has 4 nitrogen and oxygen atoms in total. The summed E-state index contributed by atoms with van der Waals surface area (Å²) < 4.78 is 29.5. The minimum Gasteiger partial charge on any atom is -0.460 e. The first-order valence-electron chi connectivity index (χ1n) is 5.90. The molecule has 0 bridgehead atoms. The van der Waals surface area contributed by atoms with Gasteiger partial charge in [0.1, 0.15) is 12.0 Å². The van der Waals surface area contributed by atoms with Crippen molar-refractivity contribution in [2.75, 3.05) is 11.6 Å². The fraction of sp³-hybridized carbons (Fsp3) is 0.462. The van der Waals surface area contributed by atoms with Crippen molar-refractivity contribution in [2.45, 2.75) is 24.8 Å². The largest absolute Gasteiger partial charge is 0.460 e. The predicted octanol–water partition coefficient (Wildman–Crippen LogP) is 2.27. The molecule has 0 aliphatic rings. The van der Waals surface area contributed by atoms with E-state index in [4.69, 9.17) is 16.3 Å². The van der Waals surface area contributed by atoms with Crippen LogP contribution < -0.4 is 0 Å². The van der Waals surface area contributed by atoms with Crippen molar-refractivity contribution in [2.24, 2.45) is 5.92 Å². The first kappa shape index (κ1) is 16.0. The van der Waals surface area contributed by atoms with E-state index in [1.165, 1.54) is 12.1 Å². The fourth-order valence-electron chi connectivity index (χ4n) is 1.50. The van der Waals surface area contributed by atoms with Crippen molar-refractivity contribution in [3.63, 3.8) is 0 Å². The average molecular weight is 305 g/mol. The van der Waals surface area contributed by atoms with E-state index in [1.807, 2.05) is 0 Å². The summed E-state index contributed by atoms with van der Waals surface area (Å²) in [5.74, 6) is -1.24. The van der Waals surface area contributed by atoms with Crippen molar-refractivity contribution in [3.8, 4) is 0 Å². The number of carbonyl (C=O) groups is 1. The van der Waals surface area contributed by atoms with Crippen molar-refractivity contribution in [3.05, 3.63) is 30.3 Å². The van der Waals surface area contributed by atoms with E-state index in [0.717, 1.165) is 0 Å². The van der Waals surface area contributed by atoms with Gasteiger partial charge in [0.25, 0.3) is 0 Å². The highest BCUT2D eigenvalue weighted by molar-refractivity contribution is 7.91. The Balaban J connectivity index is 2.87. The van der Waals surface area contributed by atoms with E-state index in [-0.39, 0.29) is 22.4 Å². The molecule has 0 radical (unpaired) electrons. The third-order valence-electron chi connectivity index (χ3n) is 2.62. The third kappa shape index (κ3) is 4.84. The maximum Gasteiger partial charge on any atom is 0.321 e. The van der Waals surface area contributed by atoms with Crippen LogP contribution >= 0.6 is 11.6 Å². The summed E-state index contributed by atoms with van der Waals surface area (Å²) in [7, 11) is -3.48. The van der Waals surface area contributed by atoms with E-state index in [1.54, 1.807) is 32.0 Å². The molecule has 1 rings (SSSR count). The standard InChI is InChI=1S/C13H17ClO4S/c1-10(2)12(18-13(15)8-14)9-19(16,17)11-6-4-3-5-7-11/h3-7,10,12H,8-9H2,1-2H3. The Bertz CT molecular complexity index is 511. The Kier molecular flexibility index (Phi) is 5.82. The molecule has 106 valence electrons. The van der Waals surface area contributed by atoms with E-state index in [9.17, 15) is 13.2 Å². The van der Waals surface area contributed by atoms with Gasteiger partial charge in [-0.05, 0) is 18.1 Å². The molecule has 6 heteroatoms. The fourth-order valence-corrected chi connectivity index (χ4v) is 3.22. The van der Waals surface area contributed by atoms with Crippen molar-refractivity contribution in [1.82, 2.24) is 0 Å². The van der Waals surface area contributed by atoms with Crippen molar-refractivity contribution < 1.29 is 17.9 Å². The number of benzene rings is 1. The van der Waals surface area contributed by atoms with Crippen LogP contribution in [0.25, 0.3) is 0 Å². The monoisotopic (exact) mass is 304 g/mol. The number of carbonyl (C=O) groups excluding carboxylic acids is 1. The van der Waals surface area contributed by atoms with Crippen LogP contribution in [-0.2, 0) is 19.4 Å². The Hall–Kier alpha value is -1.07. The van der Waals surface area contributed by atoms with Gasteiger partial charge in [0.05, 0.1) is 10.6 Å². The number of hydrogen-bond donors (Lipinski definition) is 0. The van der Waals surface area contributed by atoms with Crippen LogP contribution in [0.3, 0.4) is 0 Å². The molecule has 1 aromatic rings. The predicted molar refractivity (Wildman–Crippen MR) is 73.9 cm³/mol. The van der Waals surface area contributed by atoms with Crippen LogP contribution in [0, 0.1) is 5.92 Å². The van der Waals surface area contributed by atoms with E-state index in [0.29, 0.717) is 0 Å². The lowest BCUT2D eigenvalue weighted by molar-refractivity contribution is -0.146. The first-order chi connectivity index (χ1) is 8.86. The number of sulfone groups is 1. The molecule has 0 N–H and O–H groups in total. The highest BCUT2D eigenvalue weighted by atomic mass is 35.5. The molecule has 0 aliphatic carbocycles. The van der Waals surface area contributed by atoms with Crippen LogP contribution in [-0.4, -0.2) is 32.1 Å². The van der Waals surface area contributed by atoms with Gasteiger partial charge in [0.15, 0.2) is 9.84 Å². The van der Waals surface area contributed by atoms with Gasteiger partial charge in [-0.3, -0.25) is 4.79 Å². The van der Waals surface area contributed by atoms with Crippen LogP contribution in [0.4, 0.5) is 0 Å². The van der Waals surface area contributed by atoms with Crippen LogP contribution in [0.2, 0.25) is 0 Å². The van der Waals surface area contributed by atoms with Crippen molar-refractivity contribution >= 4 is 27.4 Å². The van der Waals surface area contributed by atoms with Gasteiger partial charge in [0.2, 0.25) is 0 Å². The molecule has 1 unspecified atom stereocenters. The first-order valence-corrected chi connectivity index (χ1v) is 8.08. The smallest absolute Gasteiger partial charge is 0.321 e. The topological polar surface area (TPSA) is 60.4 Å². The van der Waals surface area contributed by atoms with E-state index >= 15 is 0 Å². The lowest BCUT2D eigenvalue weighted by atomic mass is 10.1. The van der Waals surface area contributed by atoms with Gasteiger partial charge < -0.3 is 4.74 Å². The lowest BCUT2D eigenvalue weighted by Gasteiger charge is -2.20. The quantitative estimate of drug-likeness (QED) is 0.597. The molecule has 1 aromatic carbocycles. The number of rotatable bonds is 6. The molecule has 0 fully saturated rings. The molecule has 0 saturated carbocycles.